The summed E-state index contributed by atoms with van der Waals surface area (Å²) >= 11 is 6.23. The number of oxazole rings is 1. The van der Waals surface area contributed by atoms with E-state index in [2.05, 4.69) is 15.6 Å². The number of rotatable bonds is 10. The largest absolute Gasteiger partial charge is 0.418 e. The van der Waals surface area contributed by atoms with Crippen LogP contribution in [0.3, 0.4) is 0 Å². The fraction of sp³-hybridized carbons (Fsp3) is 0.269. The van der Waals surface area contributed by atoms with Crippen molar-refractivity contribution >= 4 is 41.6 Å². The van der Waals surface area contributed by atoms with E-state index in [1.54, 1.807) is 24.3 Å². The maximum Gasteiger partial charge on any atom is 0.296 e. The minimum atomic E-state index is -0.761. The zero-order valence-corrected chi connectivity index (χ0v) is 21.1. The Kier molecular flexibility index (Phi) is 7.58. The van der Waals surface area contributed by atoms with Crippen molar-refractivity contribution in [3.05, 3.63) is 69.4 Å². The first-order valence-electron chi connectivity index (χ1n) is 11.6. The van der Waals surface area contributed by atoms with Crippen LogP contribution in [0, 0.1) is 6.92 Å². The molecule has 0 fully saturated rings. The summed E-state index contributed by atoms with van der Waals surface area (Å²) in [6.45, 7) is 2.41. The molecule has 0 bridgehead atoms. The molecule has 1 unspecified atom stereocenters. The number of nitrogens with zero attached hydrogens (tertiary/aromatic N) is 2. The summed E-state index contributed by atoms with van der Waals surface area (Å²) in [6, 6.07) is 10.0. The van der Waals surface area contributed by atoms with Gasteiger partial charge in [-0.2, -0.15) is 4.98 Å². The van der Waals surface area contributed by atoms with E-state index in [-0.39, 0.29) is 55.2 Å². The van der Waals surface area contributed by atoms with Crippen LogP contribution in [-0.4, -0.2) is 47.0 Å². The molecule has 2 heterocycles. The van der Waals surface area contributed by atoms with Gasteiger partial charge in [0, 0.05) is 42.7 Å². The first-order valence-corrected chi connectivity index (χ1v) is 12.0. The number of carbonyl (C=O) groups is 4. The Morgan fingerprint density at radius 2 is 2.05 bits per heavy atom. The van der Waals surface area contributed by atoms with Crippen molar-refractivity contribution < 1.29 is 23.6 Å². The lowest BCUT2D eigenvalue weighted by Gasteiger charge is -2.25. The van der Waals surface area contributed by atoms with Crippen molar-refractivity contribution in [2.75, 3.05) is 12.4 Å². The molecular formula is C26H26ClN5O5. The molecule has 37 heavy (non-hydrogen) atoms. The Morgan fingerprint density at radius 3 is 2.73 bits per heavy atom. The average molecular weight is 524 g/mol. The van der Waals surface area contributed by atoms with Crippen molar-refractivity contribution in [1.82, 2.24) is 15.2 Å². The number of fused-ring (bicyclic) bond motifs is 1. The van der Waals surface area contributed by atoms with Crippen molar-refractivity contribution in [3.8, 4) is 11.3 Å². The number of likely N-dealkylation sites (N-methyl/N-ethyl adjacent to an activating group) is 1. The number of benzene rings is 2. The van der Waals surface area contributed by atoms with Crippen LogP contribution in [0.1, 0.15) is 50.4 Å². The maximum atomic E-state index is 13.0. The number of hydrogen-bond acceptors (Lipinski definition) is 7. The number of aromatic nitrogens is 1. The minimum Gasteiger partial charge on any atom is -0.418 e. The van der Waals surface area contributed by atoms with Crippen LogP contribution in [0.2, 0.25) is 5.02 Å². The Hall–Kier alpha value is -4.18. The summed E-state index contributed by atoms with van der Waals surface area (Å²) in [5, 5.41) is 6.13. The van der Waals surface area contributed by atoms with E-state index in [1.807, 2.05) is 19.1 Å². The summed E-state index contributed by atoms with van der Waals surface area (Å²) in [4.78, 5) is 54.0. The standard InChI is InChI=1S/C26H26ClN5O5/c1-14-5-7-16(11-19(14)27)21-22(23(28)34)37-26(31-21)30-12-15-6-8-18-17(10-15)13-32(25(18)36)20(4-3-9-33)24(35)29-2/h5-11,20H,3-4,12-13H2,1-2H3,(H2,28,34)(H,29,35)(H,30,31). The van der Waals surface area contributed by atoms with E-state index < -0.39 is 11.9 Å². The van der Waals surface area contributed by atoms with Crippen molar-refractivity contribution in [1.29, 1.82) is 0 Å². The van der Waals surface area contributed by atoms with Gasteiger partial charge in [0.15, 0.2) is 0 Å². The molecule has 4 rings (SSSR count). The first kappa shape index (κ1) is 25.9. The molecule has 0 saturated heterocycles. The van der Waals surface area contributed by atoms with Crippen LogP contribution in [0.5, 0.6) is 0 Å². The maximum absolute atomic E-state index is 13.0. The van der Waals surface area contributed by atoms with E-state index >= 15 is 0 Å². The summed E-state index contributed by atoms with van der Waals surface area (Å²) in [5.41, 5.74) is 9.36. The Labute approximate surface area is 218 Å². The number of aryl methyl sites for hydroxylation is 1. The van der Waals surface area contributed by atoms with E-state index in [0.29, 0.717) is 16.1 Å². The molecule has 0 aliphatic carbocycles. The monoisotopic (exact) mass is 523 g/mol. The molecule has 0 saturated carbocycles. The molecule has 11 heteroatoms. The molecule has 3 aromatic rings. The number of aldehydes is 1. The molecule has 3 amide bonds. The fourth-order valence-electron chi connectivity index (χ4n) is 4.26. The number of halogens is 1. The lowest BCUT2D eigenvalue weighted by atomic mass is 10.1. The SMILES string of the molecule is CNC(=O)C(CCC=O)N1Cc2cc(CNc3nc(-c4ccc(C)c(Cl)c4)c(C(N)=O)o3)ccc2C1=O. The van der Waals surface area contributed by atoms with Gasteiger partial charge in [0.2, 0.25) is 11.7 Å². The topological polar surface area (TPSA) is 148 Å². The van der Waals surface area contributed by atoms with Crippen LogP contribution >= 0.6 is 11.6 Å². The second kappa shape index (κ2) is 10.8. The third-order valence-electron chi connectivity index (χ3n) is 6.22. The van der Waals surface area contributed by atoms with Gasteiger partial charge in [-0.3, -0.25) is 14.4 Å². The van der Waals surface area contributed by atoms with Crippen molar-refractivity contribution in [2.45, 2.75) is 38.9 Å². The predicted molar refractivity (Wildman–Crippen MR) is 137 cm³/mol. The van der Waals surface area contributed by atoms with Gasteiger partial charge in [-0.25, -0.2) is 0 Å². The molecule has 1 atom stereocenters. The number of carbonyl (C=O) groups excluding carboxylic acids is 4. The average Bonchev–Trinajstić information content (AvgIpc) is 3.46. The molecule has 1 aliphatic rings. The van der Waals surface area contributed by atoms with Crippen LogP contribution in [0.25, 0.3) is 11.3 Å². The zero-order valence-electron chi connectivity index (χ0n) is 20.3. The Bertz CT molecular complexity index is 1390. The van der Waals surface area contributed by atoms with Crippen LogP contribution in [-0.2, 0) is 22.7 Å². The zero-order chi connectivity index (χ0) is 26.7. The number of nitrogens with two attached hydrogens (primary N) is 1. The second-order valence-corrected chi connectivity index (χ2v) is 9.08. The summed E-state index contributed by atoms with van der Waals surface area (Å²) in [5.74, 6) is -1.42. The quantitative estimate of drug-likeness (QED) is 0.346. The molecular weight excluding hydrogens is 498 g/mol. The van der Waals surface area contributed by atoms with Gasteiger partial charge >= 0.3 is 0 Å². The third kappa shape index (κ3) is 5.34. The Balaban J connectivity index is 1.51. The first-order chi connectivity index (χ1) is 17.7. The summed E-state index contributed by atoms with van der Waals surface area (Å²) in [7, 11) is 1.50. The summed E-state index contributed by atoms with van der Waals surface area (Å²) < 4.78 is 5.58. The van der Waals surface area contributed by atoms with Gasteiger partial charge < -0.3 is 30.5 Å². The highest BCUT2D eigenvalue weighted by Crippen LogP contribution is 2.30. The van der Waals surface area contributed by atoms with Gasteiger partial charge in [0.1, 0.15) is 18.0 Å². The van der Waals surface area contributed by atoms with E-state index in [0.717, 1.165) is 23.0 Å². The molecule has 4 N–H and O–H groups in total. The summed E-state index contributed by atoms with van der Waals surface area (Å²) in [6.07, 6.45) is 1.16. The number of hydrogen-bond donors (Lipinski definition) is 3. The number of nitrogens with one attached hydrogen (secondary N) is 2. The highest BCUT2D eigenvalue weighted by atomic mass is 35.5. The van der Waals surface area contributed by atoms with Crippen LogP contribution in [0.15, 0.2) is 40.8 Å². The molecule has 0 radical (unpaired) electrons. The van der Waals surface area contributed by atoms with E-state index in [4.69, 9.17) is 21.8 Å². The Morgan fingerprint density at radius 1 is 1.27 bits per heavy atom. The highest BCUT2D eigenvalue weighted by molar-refractivity contribution is 6.31. The smallest absolute Gasteiger partial charge is 0.296 e. The van der Waals surface area contributed by atoms with Crippen LogP contribution in [0.4, 0.5) is 6.01 Å². The minimum absolute atomic E-state index is 0.0896. The molecule has 2 aromatic carbocycles. The van der Waals surface area contributed by atoms with Crippen molar-refractivity contribution in [3.63, 3.8) is 0 Å². The molecule has 0 spiro atoms. The molecule has 192 valence electrons. The normalized spacial score (nSPS) is 13.3. The van der Waals surface area contributed by atoms with Gasteiger partial charge in [-0.1, -0.05) is 35.9 Å². The van der Waals surface area contributed by atoms with E-state index in [1.165, 1.54) is 11.9 Å². The number of amides is 3. The van der Waals surface area contributed by atoms with Gasteiger partial charge in [-0.15, -0.1) is 0 Å². The van der Waals surface area contributed by atoms with Gasteiger partial charge in [-0.05, 0) is 42.2 Å². The lowest BCUT2D eigenvalue weighted by molar-refractivity contribution is -0.125. The number of anilines is 1. The van der Waals surface area contributed by atoms with Crippen LogP contribution < -0.4 is 16.4 Å². The second-order valence-electron chi connectivity index (χ2n) is 8.68. The molecule has 10 nitrogen and oxygen atoms in total. The van der Waals surface area contributed by atoms with Gasteiger partial charge in [0.05, 0.1) is 0 Å². The highest BCUT2D eigenvalue weighted by Gasteiger charge is 2.35. The third-order valence-corrected chi connectivity index (χ3v) is 6.63. The molecule has 1 aromatic heterocycles. The number of primary amides is 1. The van der Waals surface area contributed by atoms with E-state index in [9.17, 15) is 19.2 Å². The lowest BCUT2D eigenvalue weighted by Crippen LogP contribution is -2.46. The predicted octanol–water partition coefficient (Wildman–Crippen LogP) is 3.06. The molecule has 1 aliphatic heterocycles. The van der Waals surface area contributed by atoms with Gasteiger partial charge in [0.25, 0.3) is 17.8 Å². The fourth-order valence-corrected chi connectivity index (χ4v) is 4.44. The van der Waals surface area contributed by atoms with Crippen molar-refractivity contribution in [2.24, 2.45) is 5.73 Å².